The summed E-state index contributed by atoms with van der Waals surface area (Å²) in [6, 6.07) is 51.0. The first kappa shape index (κ1) is 32.3. The van der Waals surface area contributed by atoms with E-state index in [4.69, 9.17) is 9.47 Å². The quantitative estimate of drug-likeness (QED) is 0.165. The van der Waals surface area contributed by atoms with Crippen LogP contribution in [0.5, 0.6) is 23.0 Å². The molecule has 9 aromatic rings. The molecule has 0 unspecified atom stereocenters. The standard InChI is InChI=1S/C48H27NO6S2/c50-56(51)45-19-9-7-17-41(45)55-44-25-36-31-22-21-28(49-39-15-5-3-13-32(39)33-14-4-6-16-40(33)49)23-34(31)38-27-48-43(54-42-18-8-10-20-46(42)57(48,52)53)24-35(38)29-11-1-2-12-30(29)37(36)26-47(44)56/h1-27H. The second-order valence-corrected chi connectivity index (χ2v) is 18.2. The lowest BCUT2D eigenvalue weighted by Gasteiger charge is -2.28. The Labute approximate surface area is 327 Å². The van der Waals surface area contributed by atoms with E-state index in [0.717, 1.165) is 60.9 Å². The maximum absolute atomic E-state index is 14.4. The van der Waals surface area contributed by atoms with E-state index >= 15 is 0 Å². The average molecular weight is 778 g/mol. The molecule has 0 fully saturated rings. The third kappa shape index (κ3) is 4.40. The van der Waals surface area contributed by atoms with Gasteiger partial charge in [-0.05, 0) is 117 Å². The van der Waals surface area contributed by atoms with Gasteiger partial charge in [0, 0.05) is 16.5 Å². The van der Waals surface area contributed by atoms with Crippen molar-refractivity contribution in [3.05, 3.63) is 164 Å². The summed E-state index contributed by atoms with van der Waals surface area (Å²) in [4.78, 5) is 0.375. The van der Waals surface area contributed by atoms with Gasteiger partial charge in [0.05, 0.1) is 11.0 Å². The molecule has 0 amide bonds. The zero-order valence-corrected chi connectivity index (χ0v) is 31.4. The molecule has 0 atom stereocenters. The van der Waals surface area contributed by atoms with Crippen molar-refractivity contribution in [2.75, 3.05) is 0 Å². The number of rotatable bonds is 1. The van der Waals surface area contributed by atoms with Crippen LogP contribution in [-0.4, -0.2) is 21.4 Å². The summed E-state index contributed by atoms with van der Waals surface area (Å²) in [5.74, 6) is 0.975. The maximum atomic E-state index is 14.4. The van der Waals surface area contributed by atoms with Crippen molar-refractivity contribution in [2.24, 2.45) is 0 Å². The number of hydrogen-bond acceptors (Lipinski definition) is 6. The van der Waals surface area contributed by atoms with Crippen molar-refractivity contribution in [3.8, 4) is 73.2 Å². The van der Waals surface area contributed by atoms with Gasteiger partial charge < -0.3 is 14.0 Å². The van der Waals surface area contributed by atoms with E-state index in [1.54, 1.807) is 60.7 Å². The monoisotopic (exact) mass is 777 g/mol. The first-order valence-electron chi connectivity index (χ1n) is 18.4. The summed E-state index contributed by atoms with van der Waals surface area (Å²) in [5.41, 5.74) is 8.91. The Morgan fingerprint density at radius 1 is 0.333 bits per heavy atom. The summed E-state index contributed by atoms with van der Waals surface area (Å²) in [6.07, 6.45) is 0. The highest BCUT2D eigenvalue weighted by Gasteiger charge is 2.37. The maximum Gasteiger partial charge on any atom is 0.213 e. The number of hydrogen-bond donors (Lipinski definition) is 0. The molecule has 272 valence electrons. The molecule has 8 aromatic carbocycles. The SMILES string of the molecule is O=S1(=O)c2ccccc2Oc2cc3c(cc21)-c1ccccc1-c1cc2c(cc1-c1cc(-n4c5ccccc5c5ccccc54)ccc1-3)S(=O)(=O)c1ccccc1O2. The van der Waals surface area contributed by atoms with Crippen LogP contribution in [0.4, 0.5) is 0 Å². The molecule has 0 spiro atoms. The fourth-order valence-electron chi connectivity index (χ4n) is 8.86. The molecular formula is C48H27NO6S2. The Bertz CT molecular complexity index is 3440. The Morgan fingerprint density at radius 2 is 0.737 bits per heavy atom. The number of ether oxygens (including phenoxy) is 2. The molecular weight excluding hydrogens is 751 g/mol. The fraction of sp³-hybridized carbons (Fsp3) is 0. The highest BCUT2D eigenvalue weighted by Crippen LogP contribution is 2.55. The highest BCUT2D eigenvalue weighted by molar-refractivity contribution is 7.92. The van der Waals surface area contributed by atoms with Crippen LogP contribution < -0.4 is 9.47 Å². The Morgan fingerprint density at radius 3 is 1.28 bits per heavy atom. The van der Waals surface area contributed by atoms with Crippen molar-refractivity contribution in [2.45, 2.75) is 19.6 Å². The molecule has 0 N–H and O–H groups in total. The largest absolute Gasteiger partial charge is 0.455 e. The number of benzene rings is 8. The van der Waals surface area contributed by atoms with Gasteiger partial charge in [0.1, 0.15) is 42.6 Å². The van der Waals surface area contributed by atoms with Crippen LogP contribution in [0, 0.1) is 0 Å². The Hall–Kier alpha value is -6.94. The fourth-order valence-corrected chi connectivity index (χ4v) is 11.9. The average Bonchev–Trinajstić information content (AvgIpc) is 3.57. The third-order valence-electron chi connectivity index (χ3n) is 11.4. The van der Waals surface area contributed by atoms with Gasteiger partial charge in [-0.15, -0.1) is 0 Å². The number of fused-ring (bicyclic) bond motifs is 15. The van der Waals surface area contributed by atoms with Crippen LogP contribution in [0.25, 0.3) is 72.0 Å². The zero-order valence-electron chi connectivity index (χ0n) is 29.8. The van der Waals surface area contributed by atoms with Crippen molar-refractivity contribution in [1.29, 1.82) is 0 Å². The summed E-state index contributed by atoms with van der Waals surface area (Å²) in [6.45, 7) is 0. The zero-order chi connectivity index (χ0) is 38.2. The minimum absolute atomic E-state index is 0.0721. The molecule has 0 saturated carbocycles. The lowest BCUT2D eigenvalue weighted by Crippen LogP contribution is -2.13. The van der Waals surface area contributed by atoms with Crippen molar-refractivity contribution in [1.82, 2.24) is 4.57 Å². The third-order valence-corrected chi connectivity index (χ3v) is 15.0. The molecule has 3 heterocycles. The minimum atomic E-state index is -3.98. The van der Waals surface area contributed by atoms with E-state index in [2.05, 4.69) is 41.0 Å². The summed E-state index contributed by atoms with van der Waals surface area (Å²) >= 11 is 0. The number of sulfone groups is 2. The number of nitrogens with zero attached hydrogens (tertiary/aromatic N) is 1. The van der Waals surface area contributed by atoms with Gasteiger partial charge >= 0.3 is 0 Å². The molecule has 57 heavy (non-hydrogen) atoms. The number of aromatic nitrogens is 1. The van der Waals surface area contributed by atoms with Gasteiger partial charge in [-0.1, -0.05) is 91.0 Å². The van der Waals surface area contributed by atoms with E-state index in [9.17, 15) is 16.8 Å². The van der Waals surface area contributed by atoms with Gasteiger partial charge in [-0.25, -0.2) is 16.8 Å². The molecule has 12 rings (SSSR count). The van der Waals surface area contributed by atoms with E-state index in [0.29, 0.717) is 11.1 Å². The molecule has 2 aliphatic heterocycles. The Balaban J connectivity index is 1.21. The van der Waals surface area contributed by atoms with E-state index in [1.807, 2.05) is 66.7 Å². The lowest BCUT2D eigenvalue weighted by molar-refractivity contribution is 0.442. The van der Waals surface area contributed by atoms with Crippen LogP contribution in [0.15, 0.2) is 183 Å². The Kier molecular flexibility index (Phi) is 6.42. The first-order chi connectivity index (χ1) is 27.8. The van der Waals surface area contributed by atoms with Crippen LogP contribution in [-0.2, 0) is 19.7 Å². The summed E-state index contributed by atoms with van der Waals surface area (Å²) in [7, 11) is -7.92. The second kappa shape index (κ2) is 11.3. The van der Waals surface area contributed by atoms with Crippen molar-refractivity contribution >= 4 is 41.5 Å². The van der Waals surface area contributed by atoms with Crippen molar-refractivity contribution < 1.29 is 26.3 Å². The molecule has 0 radical (unpaired) electrons. The van der Waals surface area contributed by atoms with Crippen LogP contribution in [0.1, 0.15) is 0 Å². The summed E-state index contributed by atoms with van der Waals surface area (Å²) < 4.78 is 72.2. The van der Waals surface area contributed by atoms with Crippen LogP contribution >= 0.6 is 0 Å². The summed E-state index contributed by atoms with van der Waals surface area (Å²) in [5, 5.41) is 2.22. The van der Waals surface area contributed by atoms with E-state index in [-0.39, 0.29) is 42.6 Å². The molecule has 7 nitrogen and oxygen atoms in total. The highest BCUT2D eigenvalue weighted by atomic mass is 32.2. The minimum Gasteiger partial charge on any atom is -0.455 e. The van der Waals surface area contributed by atoms with Gasteiger partial charge in [0.2, 0.25) is 19.7 Å². The van der Waals surface area contributed by atoms with Crippen LogP contribution in [0.2, 0.25) is 0 Å². The molecule has 9 heteroatoms. The predicted molar refractivity (Wildman–Crippen MR) is 220 cm³/mol. The molecule has 1 aromatic heterocycles. The molecule has 1 aliphatic carbocycles. The van der Waals surface area contributed by atoms with Crippen LogP contribution in [0.3, 0.4) is 0 Å². The predicted octanol–water partition coefficient (Wildman–Crippen LogP) is 11.6. The molecule has 0 saturated heterocycles. The normalized spacial score (nSPS) is 14.8. The second-order valence-electron chi connectivity index (χ2n) is 14.4. The number of para-hydroxylation sites is 4. The van der Waals surface area contributed by atoms with Gasteiger partial charge in [0.15, 0.2) is 0 Å². The van der Waals surface area contributed by atoms with Gasteiger partial charge in [0.25, 0.3) is 0 Å². The topological polar surface area (TPSA) is 91.7 Å². The lowest BCUT2D eigenvalue weighted by atomic mass is 9.80. The van der Waals surface area contributed by atoms with Gasteiger partial charge in [-0.3, -0.25) is 0 Å². The van der Waals surface area contributed by atoms with E-state index < -0.39 is 19.7 Å². The molecule has 3 aliphatic rings. The smallest absolute Gasteiger partial charge is 0.213 e. The molecule has 0 bridgehead atoms. The van der Waals surface area contributed by atoms with Gasteiger partial charge in [-0.2, -0.15) is 0 Å². The van der Waals surface area contributed by atoms with E-state index in [1.165, 1.54) is 0 Å². The van der Waals surface area contributed by atoms with Crippen molar-refractivity contribution in [3.63, 3.8) is 0 Å². The first-order valence-corrected chi connectivity index (χ1v) is 21.4.